The molecule has 1 aromatic carbocycles. The van der Waals surface area contributed by atoms with Crippen LogP contribution in [0.1, 0.15) is 32.4 Å². The molecule has 0 radical (unpaired) electrons. The highest BCUT2D eigenvalue weighted by Gasteiger charge is 2.56. The van der Waals surface area contributed by atoms with Crippen molar-refractivity contribution >= 4 is 17.7 Å². The highest BCUT2D eigenvalue weighted by atomic mass is 32.2. The number of amides is 1. The van der Waals surface area contributed by atoms with Gasteiger partial charge in [-0.25, -0.2) is 4.39 Å². The van der Waals surface area contributed by atoms with Crippen LogP contribution in [0.2, 0.25) is 0 Å². The van der Waals surface area contributed by atoms with Gasteiger partial charge in [-0.05, 0) is 38.5 Å². The van der Waals surface area contributed by atoms with Crippen molar-refractivity contribution in [3.63, 3.8) is 0 Å². The largest absolute Gasteiger partial charge is 0.401 e. The summed E-state index contributed by atoms with van der Waals surface area (Å²) in [5.74, 6) is -1.04. The van der Waals surface area contributed by atoms with Crippen LogP contribution in [-0.2, 0) is 4.79 Å². The second-order valence-corrected chi connectivity index (χ2v) is 7.29. The van der Waals surface area contributed by atoms with Gasteiger partial charge in [0.2, 0.25) is 5.91 Å². The molecule has 1 heterocycles. The number of thioether (sulfide) groups is 1. The van der Waals surface area contributed by atoms with Gasteiger partial charge in [-0.1, -0.05) is 12.1 Å². The average molecular weight is 350 g/mol. The summed E-state index contributed by atoms with van der Waals surface area (Å²) in [5.41, 5.74) is -1.70. The minimum atomic E-state index is -4.48. The Morgan fingerprint density at radius 1 is 1.26 bits per heavy atom. The summed E-state index contributed by atoms with van der Waals surface area (Å²) in [7, 11) is 0. The first-order chi connectivity index (χ1) is 10.5. The molecule has 0 saturated carbocycles. The molecular formula is C15H18F4N2OS. The topological polar surface area (TPSA) is 41.1 Å². The number of rotatable bonds is 3. The predicted molar refractivity (Wildman–Crippen MR) is 81.1 cm³/mol. The van der Waals surface area contributed by atoms with E-state index in [2.05, 4.69) is 10.6 Å². The van der Waals surface area contributed by atoms with Gasteiger partial charge in [-0.2, -0.15) is 13.2 Å². The molecular weight excluding hydrogens is 332 g/mol. The lowest BCUT2D eigenvalue weighted by Crippen LogP contribution is -2.60. The third kappa shape index (κ3) is 3.98. The fourth-order valence-electron chi connectivity index (χ4n) is 2.41. The molecule has 1 aromatic rings. The van der Waals surface area contributed by atoms with E-state index in [1.165, 1.54) is 26.0 Å². The lowest BCUT2D eigenvalue weighted by Gasteiger charge is -2.42. The van der Waals surface area contributed by atoms with Gasteiger partial charge in [0.05, 0.1) is 5.41 Å². The highest BCUT2D eigenvalue weighted by molar-refractivity contribution is 8.00. The van der Waals surface area contributed by atoms with Crippen LogP contribution in [0, 0.1) is 11.2 Å². The Balaban J connectivity index is 2.12. The number of carbonyl (C=O) groups excluding carboxylic acids is 1. The summed E-state index contributed by atoms with van der Waals surface area (Å²) in [5, 5.41) is 3.69. The Labute approximate surface area is 136 Å². The van der Waals surface area contributed by atoms with Crippen LogP contribution in [0.25, 0.3) is 0 Å². The second-order valence-electron chi connectivity index (χ2n) is 6.07. The first kappa shape index (κ1) is 18.1. The highest BCUT2D eigenvalue weighted by Crippen LogP contribution is 2.46. The molecule has 8 heteroatoms. The molecule has 0 spiro atoms. The first-order valence-electron chi connectivity index (χ1n) is 7.06. The molecule has 1 unspecified atom stereocenters. The van der Waals surface area contributed by atoms with E-state index in [1.807, 2.05) is 0 Å². The number of alkyl halides is 3. The van der Waals surface area contributed by atoms with Crippen molar-refractivity contribution in [2.24, 2.45) is 5.41 Å². The summed E-state index contributed by atoms with van der Waals surface area (Å²) >= 11 is 0.633. The molecule has 0 aliphatic carbocycles. The number of hydrogen-bond acceptors (Lipinski definition) is 3. The second kappa shape index (κ2) is 6.32. The van der Waals surface area contributed by atoms with E-state index in [0.29, 0.717) is 11.8 Å². The number of hydrogen-bond donors (Lipinski definition) is 2. The molecule has 0 aromatic heterocycles. The molecule has 0 bridgehead atoms. The molecule has 1 aliphatic heterocycles. The van der Waals surface area contributed by atoms with Gasteiger partial charge in [0.15, 0.2) is 0 Å². The zero-order chi connectivity index (χ0) is 17.4. The van der Waals surface area contributed by atoms with Crippen LogP contribution in [0.15, 0.2) is 24.3 Å². The molecule has 3 nitrogen and oxygen atoms in total. The fraction of sp³-hybridized carbons (Fsp3) is 0.533. The van der Waals surface area contributed by atoms with Crippen molar-refractivity contribution in [1.82, 2.24) is 10.6 Å². The summed E-state index contributed by atoms with van der Waals surface area (Å²) in [6.07, 6.45) is -4.48. The van der Waals surface area contributed by atoms with E-state index in [4.69, 9.17) is 0 Å². The molecule has 2 rings (SSSR count). The van der Waals surface area contributed by atoms with E-state index >= 15 is 0 Å². The van der Waals surface area contributed by atoms with Gasteiger partial charge in [-0.15, -0.1) is 11.8 Å². The quantitative estimate of drug-likeness (QED) is 0.819. The predicted octanol–water partition coefficient (Wildman–Crippen LogP) is 3.58. The van der Waals surface area contributed by atoms with Crippen molar-refractivity contribution in [2.75, 3.05) is 0 Å². The van der Waals surface area contributed by atoms with E-state index in [1.54, 1.807) is 19.1 Å². The van der Waals surface area contributed by atoms with E-state index in [0.717, 1.165) is 5.56 Å². The number of carbonyl (C=O) groups is 1. The average Bonchev–Trinajstić information content (AvgIpc) is 2.42. The third-order valence-electron chi connectivity index (χ3n) is 3.84. The minimum absolute atomic E-state index is 0.344. The monoisotopic (exact) mass is 350 g/mol. The Morgan fingerprint density at radius 2 is 1.83 bits per heavy atom. The standard InChI is InChI=1S/C15H18F4N2OS/c1-8(9-4-6-10(16)7-5-9)20-13-21-12(22)14(2,3)11(23-13)15(17,18)19/h4-8,11,13,20H,1-3H3,(H,21,22)/t8-,11-,13?/m0/s1. The Hall–Kier alpha value is -1.28. The van der Waals surface area contributed by atoms with Crippen LogP contribution in [0.3, 0.4) is 0 Å². The van der Waals surface area contributed by atoms with Crippen molar-refractivity contribution in [2.45, 2.75) is 43.7 Å². The van der Waals surface area contributed by atoms with Gasteiger partial charge in [0, 0.05) is 6.04 Å². The summed E-state index contributed by atoms with van der Waals surface area (Å²) in [6.45, 7) is 4.31. The molecule has 1 fully saturated rings. The van der Waals surface area contributed by atoms with Crippen LogP contribution in [0.4, 0.5) is 17.6 Å². The molecule has 128 valence electrons. The van der Waals surface area contributed by atoms with Crippen molar-refractivity contribution < 1.29 is 22.4 Å². The van der Waals surface area contributed by atoms with Crippen molar-refractivity contribution in [3.05, 3.63) is 35.6 Å². The Bertz CT molecular complexity index is 574. The maximum Gasteiger partial charge on any atom is 0.401 e. The van der Waals surface area contributed by atoms with Gasteiger partial charge >= 0.3 is 6.18 Å². The maximum atomic E-state index is 13.2. The summed E-state index contributed by atoms with van der Waals surface area (Å²) in [6, 6.07) is 5.31. The normalized spacial score (nSPS) is 25.8. The number of nitrogens with one attached hydrogen (secondary N) is 2. The maximum absolute atomic E-state index is 13.2. The van der Waals surface area contributed by atoms with Crippen LogP contribution in [-0.4, -0.2) is 22.8 Å². The fourth-order valence-corrected chi connectivity index (χ4v) is 3.74. The van der Waals surface area contributed by atoms with Crippen LogP contribution in [0.5, 0.6) is 0 Å². The first-order valence-corrected chi connectivity index (χ1v) is 8.01. The number of halogens is 4. The van der Waals surface area contributed by atoms with Crippen LogP contribution < -0.4 is 10.6 Å². The molecule has 3 atom stereocenters. The third-order valence-corrected chi connectivity index (χ3v) is 5.50. The Morgan fingerprint density at radius 3 is 2.35 bits per heavy atom. The van der Waals surface area contributed by atoms with Crippen LogP contribution >= 0.6 is 11.8 Å². The zero-order valence-electron chi connectivity index (χ0n) is 12.9. The molecule has 1 saturated heterocycles. The van der Waals surface area contributed by atoms with Crippen molar-refractivity contribution in [1.29, 1.82) is 0 Å². The van der Waals surface area contributed by atoms with Gasteiger partial charge in [0.1, 0.15) is 16.6 Å². The van der Waals surface area contributed by atoms with E-state index in [9.17, 15) is 22.4 Å². The molecule has 23 heavy (non-hydrogen) atoms. The lowest BCUT2D eigenvalue weighted by atomic mass is 9.87. The molecule has 1 amide bonds. The minimum Gasteiger partial charge on any atom is -0.331 e. The number of benzene rings is 1. The SMILES string of the molecule is C[C@H](NC1NC(=O)C(C)(C)[C@@H](C(F)(F)F)S1)c1ccc(F)cc1. The van der Waals surface area contributed by atoms with Gasteiger partial charge in [0.25, 0.3) is 0 Å². The van der Waals surface area contributed by atoms with Gasteiger partial charge < -0.3 is 5.32 Å². The molecule has 2 N–H and O–H groups in total. The lowest BCUT2D eigenvalue weighted by molar-refractivity contribution is -0.161. The smallest absolute Gasteiger partial charge is 0.331 e. The summed E-state index contributed by atoms with van der Waals surface area (Å²) < 4.78 is 52.6. The van der Waals surface area contributed by atoms with Gasteiger partial charge in [-0.3, -0.25) is 10.1 Å². The van der Waals surface area contributed by atoms with E-state index < -0.39 is 28.2 Å². The van der Waals surface area contributed by atoms with Crippen molar-refractivity contribution in [3.8, 4) is 0 Å². The van der Waals surface area contributed by atoms with E-state index in [-0.39, 0.29) is 11.9 Å². The molecule has 1 aliphatic rings. The zero-order valence-corrected chi connectivity index (χ0v) is 13.7. The Kier molecular flexibility index (Phi) is 4.96. The summed E-state index contributed by atoms with van der Waals surface area (Å²) in [4.78, 5) is 12.0.